The van der Waals surface area contributed by atoms with Crippen LogP contribution in [0.25, 0.3) is 22.0 Å². The molecular weight excluding hydrogens is 292 g/mol. The van der Waals surface area contributed by atoms with Crippen molar-refractivity contribution in [3.63, 3.8) is 0 Å². The molecule has 1 aromatic heterocycles. The van der Waals surface area contributed by atoms with Crippen LogP contribution in [0.1, 0.15) is 13.0 Å². The van der Waals surface area contributed by atoms with Crippen molar-refractivity contribution < 1.29 is 0 Å². The van der Waals surface area contributed by atoms with Gasteiger partial charge >= 0.3 is 0 Å². The van der Waals surface area contributed by atoms with E-state index in [0.29, 0.717) is 6.04 Å². The fourth-order valence-electron chi connectivity index (χ4n) is 3.07. The zero-order valence-corrected chi connectivity index (χ0v) is 14.0. The molecule has 0 amide bonds. The van der Waals surface area contributed by atoms with Gasteiger partial charge in [-0.25, -0.2) is 0 Å². The van der Waals surface area contributed by atoms with Crippen molar-refractivity contribution in [1.82, 2.24) is 9.47 Å². The van der Waals surface area contributed by atoms with Gasteiger partial charge < -0.3 is 9.47 Å². The van der Waals surface area contributed by atoms with Crippen molar-refractivity contribution in [2.45, 2.75) is 13.0 Å². The molecule has 0 fully saturated rings. The summed E-state index contributed by atoms with van der Waals surface area (Å²) in [6.07, 6.45) is 2.25. The van der Waals surface area contributed by atoms with Crippen LogP contribution in [-0.4, -0.2) is 30.1 Å². The summed E-state index contributed by atoms with van der Waals surface area (Å²) < 4.78 is 2.37. The van der Waals surface area contributed by atoms with Crippen molar-refractivity contribution in [2.75, 3.05) is 20.6 Å². The Morgan fingerprint density at radius 3 is 2.59 bits per heavy atom. The first-order chi connectivity index (χ1) is 10.6. The smallest absolute Gasteiger partial charge is 0.0489 e. The largest absolute Gasteiger partial charge is 0.343 e. The number of likely N-dealkylation sites (N-methyl/N-ethyl adjacent to an activating group) is 1. The molecule has 0 aliphatic rings. The Bertz CT molecular complexity index is 789. The van der Waals surface area contributed by atoms with Crippen molar-refractivity contribution >= 4 is 22.5 Å². The summed E-state index contributed by atoms with van der Waals surface area (Å²) in [5, 5.41) is 2.05. The van der Waals surface area contributed by atoms with E-state index in [9.17, 15) is 0 Å². The molecule has 0 saturated heterocycles. The maximum Gasteiger partial charge on any atom is 0.0489 e. The molecule has 1 heterocycles. The Morgan fingerprint density at radius 2 is 1.86 bits per heavy atom. The number of halogens is 1. The number of aromatic nitrogens is 1. The van der Waals surface area contributed by atoms with Gasteiger partial charge in [-0.1, -0.05) is 41.9 Å². The molecule has 0 aliphatic carbocycles. The normalized spacial score (nSPS) is 13.0. The Kier molecular flexibility index (Phi) is 4.23. The first-order valence-electron chi connectivity index (χ1n) is 7.56. The van der Waals surface area contributed by atoms with Crippen LogP contribution >= 0.6 is 11.6 Å². The average Bonchev–Trinajstić information content (AvgIpc) is 2.86. The number of para-hydroxylation sites is 1. The predicted octanol–water partition coefficient (Wildman–Crippen LogP) is 5.08. The second kappa shape index (κ2) is 6.15. The Morgan fingerprint density at radius 1 is 1.09 bits per heavy atom. The molecule has 114 valence electrons. The molecule has 0 spiro atoms. The molecule has 0 aliphatic heterocycles. The SMILES string of the molecule is CC(CN(C)C)n1cc(-c2cccc(Cl)c2)c2ccccc21. The van der Waals surface area contributed by atoms with Gasteiger partial charge in [0.25, 0.3) is 0 Å². The summed E-state index contributed by atoms with van der Waals surface area (Å²) in [5.74, 6) is 0. The zero-order chi connectivity index (χ0) is 15.7. The van der Waals surface area contributed by atoms with E-state index < -0.39 is 0 Å². The maximum absolute atomic E-state index is 6.17. The summed E-state index contributed by atoms with van der Waals surface area (Å²) in [6.45, 7) is 3.27. The van der Waals surface area contributed by atoms with Crippen LogP contribution in [0.4, 0.5) is 0 Å². The fourth-order valence-corrected chi connectivity index (χ4v) is 3.26. The highest BCUT2D eigenvalue weighted by Gasteiger charge is 2.14. The minimum atomic E-state index is 0.410. The lowest BCUT2D eigenvalue weighted by Crippen LogP contribution is -2.21. The van der Waals surface area contributed by atoms with Crippen LogP contribution < -0.4 is 0 Å². The number of hydrogen-bond acceptors (Lipinski definition) is 1. The molecule has 1 atom stereocenters. The molecule has 1 unspecified atom stereocenters. The van der Waals surface area contributed by atoms with Crippen molar-refractivity contribution in [3.8, 4) is 11.1 Å². The molecule has 2 aromatic carbocycles. The van der Waals surface area contributed by atoms with Crippen LogP contribution in [0, 0.1) is 0 Å². The van der Waals surface area contributed by atoms with Crippen molar-refractivity contribution in [3.05, 3.63) is 59.8 Å². The Balaban J connectivity index is 2.16. The summed E-state index contributed by atoms with van der Waals surface area (Å²) in [7, 11) is 4.22. The quantitative estimate of drug-likeness (QED) is 0.652. The predicted molar refractivity (Wildman–Crippen MR) is 95.6 cm³/mol. The second-order valence-electron chi connectivity index (χ2n) is 6.09. The third kappa shape index (κ3) is 2.90. The molecule has 2 nitrogen and oxygen atoms in total. The van der Waals surface area contributed by atoms with Gasteiger partial charge in [-0.3, -0.25) is 0 Å². The molecule has 3 aromatic rings. The minimum Gasteiger partial charge on any atom is -0.343 e. The summed E-state index contributed by atoms with van der Waals surface area (Å²) in [5.41, 5.74) is 3.68. The Labute approximate surface area is 136 Å². The number of rotatable bonds is 4. The monoisotopic (exact) mass is 312 g/mol. The molecule has 0 saturated carbocycles. The molecule has 0 radical (unpaired) electrons. The van der Waals surface area contributed by atoms with E-state index in [1.165, 1.54) is 22.0 Å². The van der Waals surface area contributed by atoms with Gasteiger partial charge in [-0.2, -0.15) is 0 Å². The van der Waals surface area contributed by atoms with Gasteiger partial charge in [0.1, 0.15) is 0 Å². The van der Waals surface area contributed by atoms with Crippen molar-refractivity contribution in [2.24, 2.45) is 0 Å². The van der Waals surface area contributed by atoms with E-state index in [4.69, 9.17) is 11.6 Å². The summed E-state index contributed by atoms with van der Waals surface area (Å²) >= 11 is 6.17. The highest BCUT2D eigenvalue weighted by molar-refractivity contribution is 6.30. The highest BCUT2D eigenvalue weighted by Crippen LogP contribution is 2.33. The van der Waals surface area contributed by atoms with E-state index in [1.807, 2.05) is 18.2 Å². The van der Waals surface area contributed by atoms with Gasteiger partial charge in [-0.15, -0.1) is 0 Å². The molecule has 22 heavy (non-hydrogen) atoms. The van der Waals surface area contributed by atoms with Crippen LogP contribution in [0.2, 0.25) is 5.02 Å². The van der Waals surface area contributed by atoms with E-state index in [1.54, 1.807) is 0 Å². The first-order valence-corrected chi connectivity index (χ1v) is 7.94. The zero-order valence-electron chi connectivity index (χ0n) is 13.3. The van der Waals surface area contributed by atoms with Gasteiger partial charge in [0.05, 0.1) is 0 Å². The fraction of sp³-hybridized carbons (Fsp3) is 0.263. The van der Waals surface area contributed by atoms with E-state index in [-0.39, 0.29) is 0 Å². The third-order valence-electron chi connectivity index (χ3n) is 3.98. The molecule has 0 bridgehead atoms. The minimum absolute atomic E-state index is 0.410. The maximum atomic E-state index is 6.17. The number of hydrogen-bond donors (Lipinski definition) is 0. The van der Waals surface area contributed by atoms with E-state index in [0.717, 1.165) is 11.6 Å². The third-order valence-corrected chi connectivity index (χ3v) is 4.22. The van der Waals surface area contributed by atoms with Crippen molar-refractivity contribution in [1.29, 1.82) is 0 Å². The highest BCUT2D eigenvalue weighted by atomic mass is 35.5. The second-order valence-corrected chi connectivity index (χ2v) is 6.53. The van der Waals surface area contributed by atoms with Gasteiger partial charge in [0.2, 0.25) is 0 Å². The lowest BCUT2D eigenvalue weighted by molar-refractivity contribution is 0.341. The average molecular weight is 313 g/mol. The van der Waals surface area contributed by atoms with Gasteiger partial charge in [-0.05, 0) is 44.8 Å². The number of fused-ring (bicyclic) bond motifs is 1. The number of nitrogens with zero attached hydrogens (tertiary/aromatic N) is 2. The molecule has 0 N–H and O–H groups in total. The summed E-state index contributed by atoms with van der Waals surface area (Å²) in [6, 6.07) is 17.1. The first kappa shape index (κ1) is 15.1. The molecule has 3 rings (SSSR count). The van der Waals surface area contributed by atoms with Crippen LogP contribution in [-0.2, 0) is 0 Å². The summed E-state index contributed by atoms with van der Waals surface area (Å²) in [4.78, 5) is 2.22. The standard InChI is InChI=1S/C19H21ClN2/c1-14(12-21(2)3)22-13-18(15-7-6-8-16(20)11-15)17-9-4-5-10-19(17)22/h4-11,13-14H,12H2,1-3H3. The number of benzene rings is 2. The van der Waals surface area contributed by atoms with E-state index >= 15 is 0 Å². The van der Waals surface area contributed by atoms with Crippen LogP contribution in [0.15, 0.2) is 54.7 Å². The lowest BCUT2D eigenvalue weighted by Gasteiger charge is -2.19. The lowest BCUT2D eigenvalue weighted by atomic mass is 10.1. The van der Waals surface area contributed by atoms with Gasteiger partial charge in [0.15, 0.2) is 0 Å². The van der Waals surface area contributed by atoms with E-state index in [2.05, 4.69) is 67.0 Å². The molecule has 3 heteroatoms. The topological polar surface area (TPSA) is 8.17 Å². The Hall–Kier alpha value is -1.77. The van der Waals surface area contributed by atoms with Crippen LogP contribution in [0.5, 0.6) is 0 Å². The molecular formula is C19H21ClN2. The van der Waals surface area contributed by atoms with Gasteiger partial charge in [0, 0.05) is 40.3 Å². The van der Waals surface area contributed by atoms with Crippen LogP contribution in [0.3, 0.4) is 0 Å².